The van der Waals surface area contributed by atoms with Gasteiger partial charge in [-0.15, -0.1) is 0 Å². The lowest BCUT2D eigenvalue weighted by Crippen LogP contribution is -2.34. The minimum absolute atomic E-state index is 0.0587. The van der Waals surface area contributed by atoms with Gasteiger partial charge in [-0.3, -0.25) is 0 Å². The fourth-order valence-electron chi connectivity index (χ4n) is 3.06. The Morgan fingerprint density at radius 2 is 2.12 bits per heavy atom. The van der Waals surface area contributed by atoms with Crippen LogP contribution < -0.4 is 10.6 Å². The number of fused-ring (bicyclic) bond motifs is 1. The smallest absolute Gasteiger partial charge is 0.338 e. The molecule has 1 heterocycles. The van der Waals surface area contributed by atoms with E-state index in [-0.39, 0.29) is 12.1 Å². The number of aryl methyl sites for hydroxylation is 1. The number of urea groups is 1. The molecule has 6 heteroatoms. The topological polar surface area (TPSA) is 80.6 Å². The van der Waals surface area contributed by atoms with Crippen molar-refractivity contribution in [3.8, 4) is 0 Å². The average Bonchev–Trinajstić information content (AvgIpc) is 3.06. The van der Waals surface area contributed by atoms with Crippen molar-refractivity contribution in [2.24, 2.45) is 0 Å². The normalized spacial score (nSPS) is 16.2. The number of hydrogen-bond acceptors (Lipinski definition) is 4. The zero-order chi connectivity index (χ0) is 17.1. The maximum atomic E-state index is 12.3. The van der Waals surface area contributed by atoms with Crippen molar-refractivity contribution in [1.82, 2.24) is 5.32 Å². The molecule has 6 nitrogen and oxygen atoms in total. The number of ether oxygens (including phenoxy) is 1. The third kappa shape index (κ3) is 3.13. The lowest BCUT2D eigenvalue weighted by molar-refractivity contribution is 0.0600. The number of esters is 1. The monoisotopic (exact) mass is 328 g/mol. The summed E-state index contributed by atoms with van der Waals surface area (Å²) in [4.78, 5) is 24.1. The molecule has 2 aromatic rings. The van der Waals surface area contributed by atoms with Crippen molar-refractivity contribution in [3.05, 3.63) is 53.0 Å². The van der Waals surface area contributed by atoms with Crippen LogP contribution in [0.2, 0.25) is 0 Å². The second kappa shape index (κ2) is 6.78. The van der Waals surface area contributed by atoms with Crippen molar-refractivity contribution < 1.29 is 18.7 Å². The first-order valence-corrected chi connectivity index (χ1v) is 7.92. The molecule has 0 radical (unpaired) electrons. The lowest BCUT2D eigenvalue weighted by atomic mass is 9.93. The highest BCUT2D eigenvalue weighted by Crippen LogP contribution is 2.30. The average molecular weight is 328 g/mol. The van der Waals surface area contributed by atoms with E-state index in [1.807, 2.05) is 6.07 Å². The molecular formula is C18H20N2O4. The molecule has 0 fully saturated rings. The molecule has 1 aromatic carbocycles. The number of benzene rings is 1. The van der Waals surface area contributed by atoms with Gasteiger partial charge in [0, 0.05) is 17.7 Å². The predicted octanol–water partition coefficient (Wildman–Crippen LogP) is 3.57. The van der Waals surface area contributed by atoms with Crippen LogP contribution in [0.4, 0.5) is 10.5 Å². The third-order valence-electron chi connectivity index (χ3n) is 4.34. The highest BCUT2D eigenvalue weighted by molar-refractivity contribution is 5.96. The number of nitrogens with one attached hydrogen (secondary N) is 2. The molecule has 1 atom stereocenters. The summed E-state index contributed by atoms with van der Waals surface area (Å²) in [6, 6.07) is 6.68. The Bertz CT molecular complexity index is 766. The van der Waals surface area contributed by atoms with E-state index in [9.17, 15) is 9.59 Å². The highest BCUT2D eigenvalue weighted by Gasteiger charge is 2.24. The largest absolute Gasteiger partial charge is 0.469 e. The fourth-order valence-corrected chi connectivity index (χ4v) is 3.06. The van der Waals surface area contributed by atoms with Crippen LogP contribution in [0, 0.1) is 6.92 Å². The van der Waals surface area contributed by atoms with Crippen LogP contribution in [0.15, 0.2) is 34.9 Å². The quantitative estimate of drug-likeness (QED) is 0.844. The van der Waals surface area contributed by atoms with Crippen LogP contribution in [-0.2, 0) is 11.2 Å². The first kappa shape index (κ1) is 16.1. The minimum atomic E-state index is -0.424. The van der Waals surface area contributed by atoms with E-state index >= 15 is 0 Å². The predicted molar refractivity (Wildman–Crippen MR) is 89.1 cm³/mol. The molecule has 0 saturated heterocycles. The second-order valence-electron chi connectivity index (χ2n) is 5.81. The van der Waals surface area contributed by atoms with Crippen LogP contribution in [0.25, 0.3) is 0 Å². The number of carbonyl (C=O) groups excluding carboxylic acids is 2. The molecule has 2 N–H and O–H groups in total. The molecule has 0 spiro atoms. The lowest BCUT2D eigenvalue weighted by Gasteiger charge is -2.23. The van der Waals surface area contributed by atoms with Gasteiger partial charge in [-0.2, -0.15) is 0 Å². The molecule has 1 aliphatic rings. The van der Waals surface area contributed by atoms with Gasteiger partial charge in [0.05, 0.1) is 25.0 Å². The van der Waals surface area contributed by atoms with E-state index in [0.717, 1.165) is 30.6 Å². The zero-order valence-electron chi connectivity index (χ0n) is 13.7. The summed E-state index contributed by atoms with van der Waals surface area (Å²) in [5, 5.41) is 5.78. The van der Waals surface area contributed by atoms with E-state index in [1.54, 1.807) is 31.4 Å². The van der Waals surface area contributed by atoms with Crippen molar-refractivity contribution in [3.63, 3.8) is 0 Å². The summed E-state index contributed by atoms with van der Waals surface area (Å²) in [5.74, 6) is 0.516. The number of carbonyl (C=O) groups is 2. The molecule has 2 amide bonds. The van der Waals surface area contributed by atoms with E-state index in [2.05, 4.69) is 10.6 Å². The maximum absolute atomic E-state index is 12.3. The molecule has 3 rings (SSSR count). The van der Waals surface area contributed by atoms with Crippen molar-refractivity contribution in [1.29, 1.82) is 0 Å². The van der Waals surface area contributed by atoms with Crippen molar-refractivity contribution in [2.75, 3.05) is 12.4 Å². The molecule has 0 bridgehead atoms. The number of methoxy groups -OCH3 is 1. The van der Waals surface area contributed by atoms with Crippen LogP contribution in [0.1, 0.15) is 46.1 Å². The van der Waals surface area contributed by atoms with Gasteiger partial charge in [-0.05, 0) is 43.5 Å². The summed E-state index contributed by atoms with van der Waals surface area (Å²) in [6.07, 6.45) is 4.42. The Morgan fingerprint density at radius 3 is 2.92 bits per heavy atom. The van der Waals surface area contributed by atoms with Gasteiger partial charge >= 0.3 is 12.0 Å². The fraction of sp³-hybridized carbons (Fsp3) is 0.333. The maximum Gasteiger partial charge on any atom is 0.338 e. The van der Waals surface area contributed by atoms with Gasteiger partial charge in [0.2, 0.25) is 0 Å². The molecule has 1 unspecified atom stereocenters. The van der Waals surface area contributed by atoms with Crippen LogP contribution in [0.5, 0.6) is 0 Å². The van der Waals surface area contributed by atoms with Gasteiger partial charge in [-0.25, -0.2) is 9.59 Å². The molecular weight excluding hydrogens is 308 g/mol. The molecule has 1 aliphatic carbocycles. The first-order chi connectivity index (χ1) is 11.6. The number of hydrogen-bond donors (Lipinski definition) is 2. The number of anilines is 1. The molecule has 126 valence electrons. The van der Waals surface area contributed by atoms with Crippen molar-refractivity contribution in [2.45, 2.75) is 32.2 Å². The van der Waals surface area contributed by atoms with E-state index in [0.29, 0.717) is 16.8 Å². The van der Waals surface area contributed by atoms with Crippen molar-refractivity contribution >= 4 is 17.7 Å². The van der Waals surface area contributed by atoms with E-state index < -0.39 is 5.97 Å². The Kier molecular flexibility index (Phi) is 4.55. The van der Waals surface area contributed by atoms with Gasteiger partial charge in [0.15, 0.2) is 0 Å². The minimum Gasteiger partial charge on any atom is -0.469 e. The zero-order valence-corrected chi connectivity index (χ0v) is 13.7. The van der Waals surface area contributed by atoms with Crippen LogP contribution >= 0.6 is 0 Å². The van der Waals surface area contributed by atoms with Gasteiger partial charge in [0.25, 0.3) is 0 Å². The number of rotatable bonds is 3. The Morgan fingerprint density at radius 1 is 1.29 bits per heavy atom. The molecule has 0 saturated carbocycles. The Balaban J connectivity index is 1.72. The molecule has 1 aromatic heterocycles. The number of amides is 2. The summed E-state index contributed by atoms with van der Waals surface area (Å²) in [7, 11) is 1.33. The SMILES string of the molecule is COC(=O)c1cccc(NC(=O)NC2CCCc3occc32)c1C. The highest BCUT2D eigenvalue weighted by atomic mass is 16.5. The first-order valence-electron chi connectivity index (χ1n) is 7.92. The summed E-state index contributed by atoms with van der Waals surface area (Å²) in [5.41, 5.74) is 2.73. The van der Waals surface area contributed by atoms with Crippen LogP contribution in [-0.4, -0.2) is 19.1 Å². The van der Waals surface area contributed by atoms with E-state index in [1.165, 1.54) is 7.11 Å². The number of furan rings is 1. The molecule has 0 aliphatic heterocycles. The second-order valence-corrected chi connectivity index (χ2v) is 5.81. The Hall–Kier alpha value is -2.76. The standard InChI is InChI=1S/C18H20N2O4/c1-11-12(17(21)23-2)5-3-6-14(11)19-18(22)20-15-7-4-8-16-13(15)9-10-24-16/h3,5-6,9-10,15H,4,7-8H2,1-2H3,(H2,19,20,22). The summed E-state index contributed by atoms with van der Waals surface area (Å²) in [6.45, 7) is 1.77. The van der Waals surface area contributed by atoms with Gasteiger partial charge < -0.3 is 19.8 Å². The van der Waals surface area contributed by atoms with E-state index in [4.69, 9.17) is 9.15 Å². The Labute approximate surface area is 140 Å². The van der Waals surface area contributed by atoms with Gasteiger partial charge in [-0.1, -0.05) is 6.07 Å². The molecule has 24 heavy (non-hydrogen) atoms. The van der Waals surface area contributed by atoms with Crippen LogP contribution in [0.3, 0.4) is 0 Å². The summed E-state index contributed by atoms with van der Waals surface area (Å²) >= 11 is 0. The third-order valence-corrected chi connectivity index (χ3v) is 4.34. The van der Waals surface area contributed by atoms with Gasteiger partial charge in [0.1, 0.15) is 5.76 Å². The summed E-state index contributed by atoms with van der Waals surface area (Å²) < 4.78 is 10.2.